The highest BCUT2D eigenvalue weighted by atomic mass is 14.5. The summed E-state index contributed by atoms with van der Waals surface area (Å²) >= 11 is 0. The summed E-state index contributed by atoms with van der Waals surface area (Å²) in [7, 11) is 0. The Balaban J connectivity index is -0.000000437. The van der Waals surface area contributed by atoms with Gasteiger partial charge in [0.2, 0.25) is 0 Å². The molecule has 1 heteroatoms. The highest BCUT2D eigenvalue weighted by Gasteiger charge is 2.15. The van der Waals surface area contributed by atoms with Gasteiger partial charge in [-0.15, -0.1) is 0 Å². The van der Waals surface area contributed by atoms with Gasteiger partial charge in [0, 0.05) is 0 Å². The largest absolute Gasteiger partial charge is 0.330 e. The second-order valence-corrected chi connectivity index (χ2v) is 10.6. The fourth-order valence-electron chi connectivity index (χ4n) is 4.02. The predicted molar refractivity (Wildman–Crippen MR) is 143 cm³/mol. The van der Waals surface area contributed by atoms with E-state index in [0.29, 0.717) is 0 Å². The van der Waals surface area contributed by atoms with E-state index in [1.807, 2.05) is 0 Å². The van der Waals surface area contributed by atoms with E-state index in [2.05, 4.69) is 76.2 Å². The van der Waals surface area contributed by atoms with Gasteiger partial charge in [0.1, 0.15) is 0 Å². The van der Waals surface area contributed by atoms with E-state index >= 15 is 0 Å². The van der Waals surface area contributed by atoms with Gasteiger partial charge >= 0.3 is 0 Å². The molecule has 0 aliphatic carbocycles. The topological polar surface area (TPSA) is 26.0 Å². The molecular formula is C29H65N. The molecule has 0 aromatic rings. The maximum absolute atomic E-state index is 5.53. The average molecular weight is 428 g/mol. The lowest BCUT2D eigenvalue weighted by molar-refractivity contribution is 0.290. The molecule has 0 aliphatic rings. The summed E-state index contributed by atoms with van der Waals surface area (Å²) < 4.78 is 0. The Hall–Kier alpha value is -0.0400. The Morgan fingerprint density at radius 2 is 1.17 bits per heavy atom. The molecule has 2 N–H and O–H groups in total. The van der Waals surface area contributed by atoms with Gasteiger partial charge in [-0.3, -0.25) is 0 Å². The SMILES string of the molecule is CCC.CCC(C)CC(C)C(C)CCN.CCCCC(CC)C(C)CCCC(C)C. The van der Waals surface area contributed by atoms with Crippen LogP contribution in [0.25, 0.3) is 0 Å². The molecule has 0 saturated carbocycles. The third-order valence-corrected chi connectivity index (χ3v) is 6.76. The average Bonchev–Trinajstić information content (AvgIpc) is 2.69. The molecule has 0 bridgehead atoms. The summed E-state index contributed by atoms with van der Waals surface area (Å²) in [4.78, 5) is 0. The number of unbranched alkanes of at least 4 members (excludes halogenated alkanes) is 1. The Morgan fingerprint density at radius 1 is 0.600 bits per heavy atom. The molecule has 5 atom stereocenters. The summed E-state index contributed by atoms with van der Waals surface area (Å²) in [6.45, 7) is 26.2. The van der Waals surface area contributed by atoms with Crippen LogP contribution < -0.4 is 5.73 Å². The zero-order chi connectivity index (χ0) is 23.9. The first kappa shape index (κ1) is 34.6. The molecule has 0 saturated heterocycles. The normalized spacial score (nSPS) is 15.9. The first-order chi connectivity index (χ1) is 14.1. The predicted octanol–water partition coefficient (Wildman–Crippen LogP) is 10.1. The van der Waals surface area contributed by atoms with Crippen LogP contribution in [0.2, 0.25) is 0 Å². The third-order valence-electron chi connectivity index (χ3n) is 6.76. The molecule has 30 heavy (non-hydrogen) atoms. The van der Waals surface area contributed by atoms with Gasteiger partial charge in [0.25, 0.3) is 0 Å². The van der Waals surface area contributed by atoms with E-state index < -0.39 is 0 Å². The molecule has 0 fully saturated rings. The summed E-state index contributed by atoms with van der Waals surface area (Å²) in [5, 5.41) is 0. The van der Waals surface area contributed by atoms with Crippen molar-refractivity contribution in [3.05, 3.63) is 0 Å². The Kier molecular flexibility index (Phi) is 29.1. The molecule has 0 aliphatic heterocycles. The van der Waals surface area contributed by atoms with Crippen molar-refractivity contribution in [2.45, 2.75) is 147 Å². The Morgan fingerprint density at radius 3 is 1.57 bits per heavy atom. The first-order valence-electron chi connectivity index (χ1n) is 13.8. The van der Waals surface area contributed by atoms with Gasteiger partial charge in [-0.05, 0) is 54.9 Å². The molecule has 1 nitrogen and oxygen atoms in total. The van der Waals surface area contributed by atoms with Crippen molar-refractivity contribution in [2.24, 2.45) is 41.2 Å². The molecule has 0 amide bonds. The highest BCUT2D eigenvalue weighted by molar-refractivity contribution is 4.66. The molecular weight excluding hydrogens is 362 g/mol. The van der Waals surface area contributed by atoms with Crippen LogP contribution in [-0.4, -0.2) is 6.54 Å². The van der Waals surface area contributed by atoms with Crippen LogP contribution >= 0.6 is 0 Å². The van der Waals surface area contributed by atoms with Gasteiger partial charge in [0.15, 0.2) is 0 Å². The van der Waals surface area contributed by atoms with Crippen molar-refractivity contribution in [2.75, 3.05) is 6.54 Å². The summed E-state index contributed by atoms with van der Waals surface area (Å²) in [6, 6.07) is 0. The van der Waals surface area contributed by atoms with Gasteiger partial charge in [-0.25, -0.2) is 0 Å². The fourth-order valence-corrected chi connectivity index (χ4v) is 4.02. The minimum atomic E-state index is 0.795. The zero-order valence-electron chi connectivity index (χ0n) is 23.5. The maximum atomic E-state index is 5.53. The molecule has 0 spiro atoms. The quantitative estimate of drug-likeness (QED) is 0.276. The molecule has 0 aromatic heterocycles. The van der Waals surface area contributed by atoms with Crippen molar-refractivity contribution in [3.8, 4) is 0 Å². The smallest absolute Gasteiger partial charge is 0.00746 e. The van der Waals surface area contributed by atoms with Crippen molar-refractivity contribution in [3.63, 3.8) is 0 Å². The molecule has 0 rings (SSSR count). The van der Waals surface area contributed by atoms with Crippen LogP contribution in [0.1, 0.15) is 147 Å². The third kappa shape index (κ3) is 24.2. The second kappa shape index (κ2) is 25.2. The van der Waals surface area contributed by atoms with E-state index in [4.69, 9.17) is 5.73 Å². The van der Waals surface area contributed by atoms with E-state index in [1.54, 1.807) is 0 Å². The van der Waals surface area contributed by atoms with Crippen molar-refractivity contribution in [1.29, 1.82) is 0 Å². The van der Waals surface area contributed by atoms with E-state index in [-0.39, 0.29) is 0 Å². The molecule has 186 valence electrons. The van der Waals surface area contributed by atoms with Crippen LogP contribution in [0.5, 0.6) is 0 Å². The van der Waals surface area contributed by atoms with Crippen molar-refractivity contribution >= 4 is 0 Å². The van der Waals surface area contributed by atoms with Crippen LogP contribution in [-0.2, 0) is 0 Å². The Labute approximate surface area is 194 Å². The Bertz CT molecular complexity index is 299. The zero-order valence-corrected chi connectivity index (χ0v) is 23.5. The van der Waals surface area contributed by atoms with Crippen LogP contribution in [0.4, 0.5) is 0 Å². The lowest BCUT2D eigenvalue weighted by Gasteiger charge is -2.22. The lowest BCUT2D eigenvalue weighted by atomic mass is 9.83. The van der Waals surface area contributed by atoms with Gasteiger partial charge < -0.3 is 5.73 Å². The molecule has 0 radical (unpaired) electrons. The number of rotatable bonds is 15. The lowest BCUT2D eigenvalue weighted by Crippen LogP contribution is -2.15. The molecule has 0 aromatic carbocycles. The second-order valence-electron chi connectivity index (χ2n) is 10.6. The minimum absolute atomic E-state index is 0.795. The maximum Gasteiger partial charge on any atom is -0.00746 e. The van der Waals surface area contributed by atoms with Crippen LogP contribution in [0.15, 0.2) is 0 Å². The van der Waals surface area contributed by atoms with E-state index in [9.17, 15) is 0 Å². The minimum Gasteiger partial charge on any atom is -0.330 e. The highest BCUT2D eigenvalue weighted by Crippen LogP contribution is 2.27. The van der Waals surface area contributed by atoms with Gasteiger partial charge in [-0.1, -0.05) is 134 Å². The standard InChI is InChI=1S/C15H32.C11H25N.C3H8/c1-6-8-12-15(7-2)14(5)11-9-10-13(3)4;1-5-9(2)8-11(4)10(3)6-7-12;1-3-2/h13-15H,6-12H2,1-5H3;9-11H,5-8,12H2,1-4H3;3H2,1-2H3. The number of hydrogen-bond donors (Lipinski definition) is 1. The summed E-state index contributed by atoms with van der Waals surface area (Å²) in [6.07, 6.45) is 15.0. The summed E-state index contributed by atoms with van der Waals surface area (Å²) in [5.74, 6) is 5.32. The van der Waals surface area contributed by atoms with E-state index in [1.165, 1.54) is 70.6 Å². The van der Waals surface area contributed by atoms with E-state index in [0.717, 1.165) is 42.1 Å². The fraction of sp³-hybridized carbons (Fsp3) is 1.00. The van der Waals surface area contributed by atoms with Gasteiger partial charge in [0.05, 0.1) is 0 Å². The monoisotopic (exact) mass is 428 g/mol. The summed E-state index contributed by atoms with van der Waals surface area (Å²) in [5.41, 5.74) is 5.53. The van der Waals surface area contributed by atoms with Crippen molar-refractivity contribution < 1.29 is 0 Å². The number of hydrogen-bond acceptors (Lipinski definition) is 1. The van der Waals surface area contributed by atoms with Crippen molar-refractivity contribution in [1.82, 2.24) is 0 Å². The first-order valence-corrected chi connectivity index (χ1v) is 13.8. The molecule has 5 unspecified atom stereocenters. The van der Waals surface area contributed by atoms with Crippen LogP contribution in [0.3, 0.4) is 0 Å². The van der Waals surface area contributed by atoms with Gasteiger partial charge in [-0.2, -0.15) is 0 Å². The molecule has 0 heterocycles. The number of nitrogens with two attached hydrogens (primary N) is 1. The van der Waals surface area contributed by atoms with Crippen LogP contribution in [0, 0.1) is 35.5 Å².